The van der Waals surface area contributed by atoms with Crippen LogP contribution in [0.25, 0.3) is 11.4 Å². The van der Waals surface area contributed by atoms with Gasteiger partial charge in [-0.25, -0.2) is 0 Å². The molecule has 2 rings (SSSR count). The van der Waals surface area contributed by atoms with Gasteiger partial charge in [0.05, 0.1) is 5.54 Å². The van der Waals surface area contributed by atoms with Crippen molar-refractivity contribution < 1.29 is 4.52 Å². The van der Waals surface area contributed by atoms with Crippen LogP contribution in [0.4, 0.5) is 0 Å². The van der Waals surface area contributed by atoms with Crippen molar-refractivity contribution >= 4 is 15.9 Å². The highest BCUT2D eigenvalue weighted by atomic mass is 79.9. The van der Waals surface area contributed by atoms with Crippen LogP contribution in [0.1, 0.15) is 19.7 Å². The average molecular weight is 282 g/mol. The van der Waals surface area contributed by atoms with Crippen LogP contribution in [-0.2, 0) is 5.54 Å². The Hall–Kier alpha value is -1.20. The lowest BCUT2D eigenvalue weighted by Crippen LogP contribution is -2.28. The molecule has 84 valence electrons. The van der Waals surface area contributed by atoms with E-state index in [9.17, 15) is 0 Å². The number of nitrogens with zero attached hydrogens (tertiary/aromatic N) is 2. The van der Waals surface area contributed by atoms with Crippen LogP contribution >= 0.6 is 15.9 Å². The summed E-state index contributed by atoms with van der Waals surface area (Å²) >= 11 is 3.37. The molecule has 0 bridgehead atoms. The Morgan fingerprint density at radius 3 is 2.38 bits per heavy atom. The zero-order chi connectivity index (χ0) is 11.8. The van der Waals surface area contributed by atoms with Gasteiger partial charge < -0.3 is 10.3 Å². The summed E-state index contributed by atoms with van der Waals surface area (Å²) in [6.07, 6.45) is 0. The molecule has 0 fully saturated rings. The molecule has 0 aliphatic carbocycles. The summed E-state index contributed by atoms with van der Waals surface area (Å²) in [5.41, 5.74) is 6.16. The predicted molar refractivity (Wildman–Crippen MR) is 64.6 cm³/mol. The van der Waals surface area contributed by atoms with Crippen molar-refractivity contribution in [3.63, 3.8) is 0 Å². The minimum atomic E-state index is -0.611. The molecule has 5 heteroatoms. The molecule has 0 amide bonds. The second kappa shape index (κ2) is 3.99. The van der Waals surface area contributed by atoms with Gasteiger partial charge >= 0.3 is 0 Å². The molecule has 0 aliphatic rings. The highest BCUT2D eigenvalue weighted by Crippen LogP contribution is 2.21. The monoisotopic (exact) mass is 281 g/mol. The van der Waals surface area contributed by atoms with E-state index in [-0.39, 0.29) is 0 Å². The van der Waals surface area contributed by atoms with Crippen molar-refractivity contribution in [1.82, 2.24) is 10.1 Å². The van der Waals surface area contributed by atoms with Gasteiger partial charge in [-0.3, -0.25) is 0 Å². The summed E-state index contributed by atoms with van der Waals surface area (Å²) in [5, 5.41) is 3.90. The van der Waals surface area contributed by atoms with Crippen molar-refractivity contribution in [2.75, 3.05) is 0 Å². The summed E-state index contributed by atoms with van der Waals surface area (Å²) in [6, 6.07) is 7.70. The molecule has 4 nitrogen and oxygen atoms in total. The van der Waals surface area contributed by atoms with Gasteiger partial charge in [-0.15, -0.1) is 0 Å². The van der Waals surface area contributed by atoms with Crippen LogP contribution in [0.2, 0.25) is 0 Å². The fourth-order valence-electron chi connectivity index (χ4n) is 1.20. The van der Waals surface area contributed by atoms with Gasteiger partial charge in [-0.2, -0.15) is 4.98 Å². The van der Waals surface area contributed by atoms with Crippen LogP contribution in [0.3, 0.4) is 0 Å². The molecule has 0 unspecified atom stereocenters. The maximum Gasteiger partial charge on any atom is 0.246 e. The number of rotatable bonds is 2. The van der Waals surface area contributed by atoms with Gasteiger partial charge in [0.1, 0.15) is 0 Å². The number of benzene rings is 1. The zero-order valence-electron chi connectivity index (χ0n) is 9.07. The molecular formula is C11H12BrN3O. The Morgan fingerprint density at radius 2 is 1.88 bits per heavy atom. The molecule has 0 radical (unpaired) electrons. The fraction of sp³-hybridized carbons (Fsp3) is 0.273. The normalized spacial score (nSPS) is 11.8. The predicted octanol–water partition coefficient (Wildman–Crippen LogP) is 2.69. The molecule has 1 aromatic heterocycles. The molecule has 0 saturated carbocycles. The first-order valence-electron chi connectivity index (χ1n) is 4.86. The first-order valence-corrected chi connectivity index (χ1v) is 5.65. The molecule has 2 aromatic rings. The van der Waals surface area contributed by atoms with E-state index in [1.54, 1.807) is 0 Å². The number of hydrogen-bond donors (Lipinski definition) is 1. The Balaban J connectivity index is 2.35. The Kier molecular flexibility index (Phi) is 2.82. The molecule has 2 N–H and O–H groups in total. The van der Waals surface area contributed by atoms with Gasteiger partial charge in [0, 0.05) is 10.0 Å². The quantitative estimate of drug-likeness (QED) is 0.919. The van der Waals surface area contributed by atoms with E-state index in [0.717, 1.165) is 10.0 Å². The molecule has 0 aliphatic heterocycles. The van der Waals surface area contributed by atoms with Gasteiger partial charge in [0.25, 0.3) is 0 Å². The maximum absolute atomic E-state index is 5.87. The summed E-state index contributed by atoms with van der Waals surface area (Å²) in [4.78, 5) is 4.26. The van der Waals surface area contributed by atoms with Crippen molar-refractivity contribution in [3.8, 4) is 11.4 Å². The second-order valence-corrected chi connectivity index (χ2v) is 5.07. The third-order valence-electron chi connectivity index (χ3n) is 2.08. The van der Waals surface area contributed by atoms with Crippen LogP contribution in [-0.4, -0.2) is 10.1 Å². The third kappa shape index (κ3) is 2.31. The number of hydrogen-bond acceptors (Lipinski definition) is 4. The summed E-state index contributed by atoms with van der Waals surface area (Å²) < 4.78 is 6.13. The lowest BCUT2D eigenvalue weighted by molar-refractivity contribution is 0.312. The van der Waals surface area contributed by atoms with Crippen LogP contribution in [0.15, 0.2) is 33.3 Å². The summed E-state index contributed by atoms with van der Waals surface area (Å²) in [6.45, 7) is 3.65. The van der Waals surface area contributed by atoms with Crippen molar-refractivity contribution in [2.24, 2.45) is 5.73 Å². The number of aromatic nitrogens is 2. The van der Waals surface area contributed by atoms with E-state index in [0.29, 0.717) is 11.7 Å². The highest BCUT2D eigenvalue weighted by Gasteiger charge is 2.22. The zero-order valence-corrected chi connectivity index (χ0v) is 10.7. The van der Waals surface area contributed by atoms with Crippen LogP contribution in [0.5, 0.6) is 0 Å². The molecular weight excluding hydrogens is 270 g/mol. The fourth-order valence-corrected chi connectivity index (χ4v) is 1.47. The Labute approximate surface area is 102 Å². The van der Waals surface area contributed by atoms with Gasteiger partial charge in [-0.1, -0.05) is 21.1 Å². The standard InChI is InChI=1S/C11H12BrN3O/c1-11(2,13)10-14-9(15-16-10)7-3-5-8(12)6-4-7/h3-6H,13H2,1-2H3. The van der Waals surface area contributed by atoms with Crippen molar-refractivity contribution in [3.05, 3.63) is 34.6 Å². The third-order valence-corrected chi connectivity index (χ3v) is 2.61. The molecule has 0 saturated heterocycles. The topological polar surface area (TPSA) is 64.9 Å². The van der Waals surface area contributed by atoms with E-state index in [2.05, 4.69) is 26.1 Å². The van der Waals surface area contributed by atoms with Crippen molar-refractivity contribution in [2.45, 2.75) is 19.4 Å². The van der Waals surface area contributed by atoms with Gasteiger partial charge in [0.2, 0.25) is 11.7 Å². The largest absolute Gasteiger partial charge is 0.337 e. The van der Waals surface area contributed by atoms with E-state index >= 15 is 0 Å². The van der Waals surface area contributed by atoms with Gasteiger partial charge in [0.15, 0.2) is 0 Å². The number of halogens is 1. The number of nitrogens with two attached hydrogens (primary N) is 1. The lowest BCUT2D eigenvalue weighted by atomic mass is 10.1. The van der Waals surface area contributed by atoms with Crippen LogP contribution in [0, 0.1) is 0 Å². The molecule has 0 spiro atoms. The molecule has 0 atom stereocenters. The summed E-state index contributed by atoms with van der Waals surface area (Å²) in [5.74, 6) is 0.992. The van der Waals surface area contributed by atoms with Crippen molar-refractivity contribution in [1.29, 1.82) is 0 Å². The van der Waals surface area contributed by atoms with E-state index in [4.69, 9.17) is 10.3 Å². The van der Waals surface area contributed by atoms with Gasteiger partial charge in [-0.05, 0) is 38.1 Å². The van der Waals surface area contributed by atoms with E-state index in [1.807, 2.05) is 38.1 Å². The first kappa shape index (κ1) is 11.3. The second-order valence-electron chi connectivity index (χ2n) is 4.15. The van der Waals surface area contributed by atoms with E-state index in [1.165, 1.54) is 0 Å². The minimum Gasteiger partial charge on any atom is -0.337 e. The minimum absolute atomic E-state index is 0.436. The molecule has 16 heavy (non-hydrogen) atoms. The molecule has 1 heterocycles. The Bertz CT molecular complexity index is 485. The average Bonchev–Trinajstić information content (AvgIpc) is 2.67. The Morgan fingerprint density at radius 1 is 1.25 bits per heavy atom. The highest BCUT2D eigenvalue weighted by molar-refractivity contribution is 9.10. The maximum atomic E-state index is 5.87. The SMILES string of the molecule is CC(C)(N)c1nc(-c2ccc(Br)cc2)no1. The summed E-state index contributed by atoms with van der Waals surface area (Å²) in [7, 11) is 0. The lowest BCUT2D eigenvalue weighted by Gasteiger charge is -2.10. The van der Waals surface area contributed by atoms with Crippen LogP contribution < -0.4 is 5.73 Å². The molecule has 1 aromatic carbocycles. The van der Waals surface area contributed by atoms with E-state index < -0.39 is 5.54 Å². The smallest absolute Gasteiger partial charge is 0.246 e. The first-order chi connectivity index (χ1) is 7.47.